The number of halogens is 1. The quantitative estimate of drug-likeness (QED) is 0.594. The Balaban J connectivity index is 2.22. The fraction of sp³-hybridized carbons (Fsp3) is 0.889. The van der Waals surface area contributed by atoms with Gasteiger partial charge in [0.15, 0.2) is 0 Å². The summed E-state index contributed by atoms with van der Waals surface area (Å²) in [5, 5.41) is 9.05. The normalized spacial score (nSPS) is 31.5. The third kappa shape index (κ3) is 2.68. The van der Waals surface area contributed by atoms with Crippen LogP contribution >= 0.6 is 15.9 Å². The highest BCUT2D eigenvalue weighted by molar-refractivity contribution is 9.09. The monoisotopic (exact) mass is 250 g/mol. The summed E-state index contributed by atoms with van der Waals surface area (Å²) in [4.78, 5) is 11.3. The van der Waals surface area contributed by atoms with Crippen LogP contribution in [0.5, 0.6) is 0 Å². The van der Waals surface area contributed by atoms with Gasteiger partial charge in [0.1, 0.15) is 6.61 Å². The predicted molar refractivity (Wildman–Crippen MR) is 52.7 cm³/mol. The molecular formula is C9H15BrO3. The number of ether oxygens (including phenoxy) is 1. The van der Waals surface area contributed by atoms with Crippen LogP contribution < -0.4 is 0 Å². The molecule has 0 aromatic carbocycles. The minimum Gasteiger partial charge on any atom is -0.465 e. The predicted octanol–water partition coefficient (Wildman–Crippen LogP) is 1.48. The summed E-state index contributed by atoms with van der Waals surface area (Å²) in [7, 11) is 0. The molecule has 0 bridgehead atoms. The van der Waals surface area contributed by atoms with Crippen molar-refractivity contribution >= 4 is 21.9 Å². The molecular weight excluding hydrogens is 236 g/mol. The van der Waals surface area contributed by atoms with Gasteiger partial charge in [0.05, 0.1) is 6.61 Å². The van der Waals surface area contributed by atoms with E-state index < -0.39 is 0 Å². The van der Waals surface area contributed by atoms with E-state index in [1.807, 2.05) is 6.92 Å². The SMILES string of the molecule is CCCC(=O)OC[C@]1(CO)C[C@@H]1Br. The molecule has 0 unspecified atom stereocenters. The number of rotatable bonds is 5. The van der Waals surface area contributed by atoms with Gasteiger partial charge < -0.3 is 9.84 Å². The Kier molecular flexibility index (Phi) is 3.74. The molecule has 76 valence electrons. The Morgan fingerprint density at radius 3 is 2.77 bits per heavy atom. The molecule has 0 aromatic rings. The largest absolute Gasteiger partial charge is 0.465 e. The number of hydrogen-bond donors (Lipinski definition) is 1. The van der Waals surface area contributed by atoms with Gasteiger partial charge in [-0.3, -0.25) is 4.79 Å². The highest BCUT2D eigenvalue weighted by atomic mass is 79.9. The Morgan fingerprint density at radius 1 is 1.77 bits per heavy atom. The summed E-state index contributed by atoms with van der Waals surface area (Å²) in [5.74, 6) is -0.165. The lowest BCUT2D eigenvalue weighted by Gasteiger charge is -2.12. The molecule has 0 saturated heterocycles. The van der Waals surface area contributed by atoms with E-state index >= 15 is 0 Å². The van der Waals surface area contributed by atoms with Crippen LogP contribution in [-0.2, 0) is 9.53 Å². The topological polar surface area (TPSA) is 46.5 Å². The molecule has 1 N–H and O–H groups in total. The molecule has 0 spiro atoms. The molecule has 1 aliphatic carbocycles. The average molecular weight is 251 g/mol. The standard InChI is InChI=1S/C9H15BrO3/c1-2-3-8(12)13-6-9(5-11)4-7(9)10/h7,11H,2-6H2,1H3/t7-,9+/m0/s1. The van der Waals surface area contributed by atoms with Gasteiger partial charge in [-0.1, -0.05) is 22.9 Å². The van der Waals surface area contributed by atoms with E-state index in [-0.39, 0.29) is 18.0 Å². The van der Waals surface area contributed by atoms with Crippen LogP contribution in [-0.4, -0.2) is 29.1 Å². The number of hydrogen-bond acceptors (Lipinski definition) is 3. The second-order valence-corrected chi connectivity index (χ2v) is 4.71. The van der Waals surface area contributed by atoms with Crippen LogP contribution in [0.25, 0.3) is 0 Å². The fourth-order valence-electron chi connectivity index (χ4n) is 1.16. The molecule has 4 heteroatoms. The Morgan fingerprint density at radius 2 is 2.38 bits per heavy atom. The van der Waals surface area contributed by atoms with Crippen LogP contribution in [0.3, 0.4) is 0 Å². The molecule has 2 atom stereocenters. The maximum Gasteiger partial charge on any atom is 0.305 e. The molecule has 13 heavy (non-hydrogen) atoms. The van der Waals surface area contributed by atoms with Crippen molar-refractivity contribution < 1.29 is 14.6 Å². The van der Waals surface area contributed by atoms with Crippen LogP contribution in [0.2, 0.25) is 0 Å². The van der Waals surface area contributed by atoms with E-state index in [9.17, 15) is 4.79 Å². The number of carbonyl (C=O) groups excluding carboxylic acids is 1. The number of carbonyl (C=O) groups is 1. The summed E-state index contributed by atoms with van der Waals surface area (Å²) >= 11 is 3.40. The van der Waals surface area contributed by atoms with E-state index in [2.05, 4.69) is 15.9 Å². The molecule has 0 radical (unpaired) electrons. The maximum atomic E-state index is 11.0. The highest BCUT2D eigenvalue weighted by Gasteiger charge is 2.53. The summed E-state index contributed by atoms with van der Waals surface area (Å²) in [6.07, 6.45) is 2.17. The zero-order valence-electron chi connectivity index (χ0n) is 7.75. The van der Waals surface area contributed by atoms with Gasteiger partial charge in [0, 0.05) is 16.7 Å². The van der Waals surface area contributed by atoms with Crippen LogP contribution in [0.4, 0.5) is 0 Å². The smallest absolute Gasteiger partial charge is 0.305 e. The van der Waals surface area contributed by atoms with Gasteiger partial charge in [-0.2, -0.15) is 0 Å². The molecule has 1 saturated carbocycles. The third-order valence-electron chi connectivity index (χ3n) is 2.38. The molecule has 0 heterocycles. The Hall–Kier alpha value is -0.0900. The van der Waals surface area contributed by atoms with Gasteiger partial charge in [-0.15, -0.1) is 0 Å². The second kappa shape index (κ2) is 4.42. The van der Waals surface area contributed by atoms with Gasteiger partial charge in [0.25, 0.3) is 0 Å². The van der Waals surface area contributed by atoms with Crippen molar-refractivity contribution in [3.05, 3.63) is 0 Å². The van der Waals surface area contributed by atoms with Crippen molar-refractivity contribution in [1.82, 2.24) is 0 Å². The molecule has 0 aromatic heterocycles. The van der Waals surface area contributed by atoms with Gasteiger partial charge in [-0.05, 0) is 12.8 Å². The summed E-state index contributed by atoms with van der Waals surface area (Å²) in [6, 6.07) is 0. The first kappa shape index (κ1) is 11.0. The minimum absolute atomic E-state index is 0.0856. The van der Waals surface area contributed by atoms with Crippen LogP contribution in [0.1, 0.15) is 26.2 Å². The van der Waals surface area contributed by atoms with E-state index in [1.54, 1.807) is 0 Å². The van der Waals surface area contributed by atoms with Crippen LogP contribution in [0.15, 0.2) is 0 Å². The number of alkyl halides is 1. The van der Waals surface area contributed by atoms with E-state index in [4.69, 9.17) is 9.84 Å². The summed E-state index contributed by atoms with van der Waals surface area (Å²) in [6.45, 7) is 2.37. The molecule has 0 amide bonds. The summed E-state index contributed by atoms with van der Waals surface area (Å²) < 4.78 is 5.04. The summed E-state index contributed by atoms with van der Waals surface area (Å²) in [5.41, 5.74) is -0.191. The van der Waals surface area contributed by atoms with E-state index in [0.29, 0.717) is 17.9 Å². The van der Waals surface area contributed by atoms with Crippen LogP contribution in [0, 0.1) is 5.41 Å². The minimum atomic E-state index is -0.191. The Labute approximate surface area is 86.6 Å². The first-order valence-corrected chi connectivity index (χ1v) is 5.47. The zero-order valence-corrected chi connectivity index (χ0v) is 9.34. The van der Waals surface area contributed by atoms with Crippen molar-refractivity contribution in [3.8, 4) is 0 Å². The van der Waals surface area contributed by atoms with Crippen molar-refractivity contribution in [3.63, 3.8) is 0 Å². The first-order chi connectivity index (χ1) is 6.14. The highest BCUT2D eigenvalue weighted by Crippen LogP contribution is 2.51. The molecule has 0 aliphatic heterocycles. The molecule has 3 nitrogen and oxygen atoms in total. The van der Waals surface area contributed by atoms with E-state index in [0.717, 1.165) is 12.8 Å². The average Bonchev–Trinajstić information content (AvgIpc) is 2.75. The fourth-order valence-corrected chi connectivity index (χ4v) is 2.08. The van der Waals surface area contributed by atoms with E-state index in [1.165, 1.54) is 0 Å². The van der Waals surface area contributed by atoms with Crippen molar-refractivity contribution in [1.29, 1.82) is 0 Å². The number of aliphatic hydroxyl groups excluding tert-OH is 1. The Bertz CT molecular complexity index is 191. The lowest BCUT2D eigenvalue weighted by molar-refractivity contribution is -0.146. The van der Waals surface area contributed by atoms with Gasteiger partial charge in [-0.25, -0.2) is 0 Å². The molecule has 1 aliphatic rings. The van der Waals surface area contributed by atoms with Gasteiger partial charge in [0.2, 0.25) is 0 Å². The number of esters is 1. The van der Waals surface area contributed by atoms with Crippen molar-refractivity contribution in [2.75, 3.05) is 13.2 Å². The lowest BCUT2D eigenvalue weighted by atomic mass is 10.1. The zero-order chi connectivity index (χ0) is 9.90. The lowest BCUT2D eigenvalue weighted by Crippen LogP contribution is -2.20. The van der Waals surface area contributed by atoms with Crippen molar-refractivity contribution in [2.45, 2.75) is 31.0 Å². The second-order valence-electron chi connectivity index (χ2n) is 3.60. The van der Waals surface area contributed by atoms with Crippen molar-refractivity contribution in [2.24, 2.45) is 5.41 Å². The third-order valence-corrected chi connectivity index (χ3v) is 3.67. The first-order valence-electron chi connectivity index (χ1n) is 4.55. The maximum absolute atomic E-state index is 11.0. The van der Waals surface area contributed by atoms with Gasteiger partial charge >= 0.3 is 5.97 Å². The molecule has 1 rings (SSSR count). The molecule has 1 fully saturated rings. The number of aliphatic hydroxyl groups is 1.